The highest BCUT2D eigenvalue weighted by Gasteiger charge is 2.21. The van der Waals surface area contributed by atoms with Crippen LogP contribution in [-0.4, -0.2) is 35.8 Å². The van der Waals surface area contributed by atoms with E-state index >= 15 is 0 Å². The van der Waals surface area contributed by atoms with Gasteiger partial charge in [-0.2, -0.15) is 0 Å². The highest BCUT2D eigenvalue weighted by atomic mass is 35.5. The number of amides is 1. The summed E-state index contributed by atoms with van der Waals surface area (Å²) in [5, 5.41) is 12.8. The number of hydrogen-bond acceptors (Lipinski definition) is 5. The van der Waals surface area contributed by atoms with Crippen LogP contribution in [0.2, 0.25) is 5.02 Å². The van der Waals surface area contributed by atoms with Gasteiger partial charge in [0, 0.05) is 12.6 Å². The van der Waals surface area contributed by atoms with Crippen LogP contribution < -0.4 is 14.8 Å². The van der Waals surface area contributed by atoms with Crippen LogP contribution in [-0.2, 0) is 0 Å². The number of hydrogen-bond donors (Lipinski definition) is 2. The number of rotatable bonds is 4. The van der Waals surface area contributed by atoms with Gasteiger partial charge in [-0.25, -0.2) is 13.8 Å². The van der Waals surface area contributed by atoms with Gasteiger partial charge < -0.3 is 19.9 Å². The first-order chi connectivity index (χ1) is 12.0. The lowest BCUT2D eigenvalue weighted by Crippen LogP contribution is -2.30. The van der Waals surface area contributed by atoms with Gasteiger partial charge in [-0.1, -0.05) is 11.6 Å². The zero-order chi connectivity index (χ0) is 18.0. The topological polar surface area (TPSA) is 80.7 Å². The summed E-state index contributed by atoms with van der Waals surface area (Å²) in [7, 11) is 0. The lowest BCUT2D eigenvalue weighted by molar-refractivity contribution is 0.0906. The number of carbonyl (C=O) groups is 1. The molecule has 0 radical (unpaired) electrons. The molecule has 0 saturated carbocycles. The lowest BCUT2D eigenvalue weighted by atomic mass is 10.1. The molecular weight excluding hydrogens is 358 g/mol. The average molecular weight is 371 g/mol. The van der Waals surface area contributed by atoms with Crippen LogP contribution in [0.3, 0.4) is 0 Å². The Morgan fingerprint density at radius 1 is 1.32 bits per heavy atom. The maximum absolute atomic E-state index is 13.5. The van der Waals surface area contributed by atoms with Gasteiger partial charge in [0.1, 0.15) is 19.0 Å². The van der Waals surface area contributed by atoms with Crippen molar-refractivity contribution in [2.45, 2.75) is 6.10 Å². The molecule has 3 rings (SSSR count). The number of halogens is 3. The number of pyridine rings is 1. The Labute approximate surface area is 146 Å². The van der Waals surface area contributed by atoms with Crippen LogP contribution >= 0.6 is 11.6 Å². The number of carbonyl (C=O) groups excluding carboxylic acids is 1. The van der Waals surface area contributed by atoms with Crippen molar-refractivity contribution < 1.29 is 28.2 Å². The van der Waals surface area contributed by atoms with Crippen LogP contribution in [0, 0.1) is 11.6 Å². The normalized spacial score (nSPS) is 14.1. The number of aliphatic hydroxyl groups is 1. The quantitative estimate of drug-likeness (QED) is 0.862. The zero-order valence-corrected chi connectivity index (χ0v) is 13.5. The first kappa shape index (κ1) is 17.4. The van der Waals surface area contributed by atoms with Crippen molar-refractivity contribution in [3.8, 4) is 11.5 Å². The smallest absolute Gasteiger partial charge is 0.273 e. The molecule has 1 aromatic carbocycles. The molecule has 0 fully saturated rings. The molecule has 2 N–H and O–H groups in total. The third-order valence-electron chi connectivity index (χ3n) is 3.48. The number of benzene rings is 1. The van der Waals surface area contributed by atoms with Gasteiger partial charge in [-0.05, 0) is 17.7 Å². The highest BCUT2D eigenvalue weighted by molar-refractivity contribution is 6.32. The standard InChI is InChI=1S/C16H13ClF2N2O4/c17-10-3-8(4-13-15(10)25-2-1-24-13)12(22)7-21-16(23)14-11(19)5-9(18)6-20-14/h3-6,12,22H,1-2,7H2,(H,21,23). The SMILES string of the molecule is O=C(NCC(O)c1cc(Cl)c2c(c1)OCCO2)c1ncc(F)cc1F. The van der Waals surface area contributed by atoms with Gasteiger partial charge in [0.25, 0.3) is 5.91 Å². The molecule has 1 aliphatic rings. The molecule has 0 saturated heterocycles. The van der Waals surface area contributed by atoms with Crippen molar-refractivity contribution in [2.75, 3.05) is 19.8 Å². The van der Waals surface area contributed by atoms with E-state index in [-0.39, 0.29) is 11.6 Å². The van der Waals surface area contributed by atoms with Gasteiger partial charge in [0.15, 0.2) is 23.0 Å². The van der Waals surface area contributed by atoms with E-state index in [1.54, 1.807) is 6.07 Å². The van der Waals surface area contributed by atoms with Gasteiger partial charge in [-0.3, -0.25) is 4.79 Å². The van der Waals surface area contributed by atoms with E-state index in [0.29, 0.717) is 36.3 Å². The summed E-state index contributed by atoms with van der Waals surface area (Å²) in [6, 6.07) is 3.59. The maximum Gasteiger partial charge on any atom is 0.273 e. The third kappa shape index (κ3) is 3.80. The molecule has 2 aromatic rings. The van der Waals surface area contributed by atoms with Crippen LogP contribution in [0.1, 0.15) is 22.2 Å². The summed E-state index contributed by atoms with van der Waals surface area (Å²) in [5.41, 5.74) is -0.170. The molecular formula is C16H13ClF2N2O4. The van der Waals surface area contributed by atoms with Crippen LogP contribution in [0.25, 0.3) is 0 Å². The molecule has 1 atom stereocenters. The number of nitrogens with zero attached hydrogens (tertiary/aromatic N) is 1. The molecule has 1 amide bonds. The first-order valence-electron chi connectivity index (χ1n) is 7.32. The lowest BCUT2D eigenvalue weighted by Gasteiger charge is -2.21. The van der Waals surface area contributed by atoms with Gasteiger partial charge >= 0.3 is 0 Å². The van der Waals surface area contributed by atoms with E-state index in [1.807, 2.05) is 0 Å². The molecule has 2 heterocycles. The molecule has 1 aromatic heterocycles. The Kier molecular flexibility index (Phi) is 5.00. The fourth-order valence-electron chi connectivity index (χ4n) is 2.30. The van der Waals surface area contributed by atoms with Crippen molar-refractivity contribution >= 4 is 17.5 Å². The number of ether oxygens (including phenoxy) is 2. The van der Waals surface area contributed by atoms with Crippen molar-refractivity contribution in [2.24, 2.45) is 0 Å². The van der Waals surface area contributed by atoms with E-state index in [0.717, 1.165) is 6.20 Å². The van der Waals surface area contributed by atoms with Gasteiger partial charge in [0.2, 0.25) is 0 Å². The Morgan fingerprint density at radius 2 is 2.08 bits per heavy atom. The number of aliphatic hydroxyl groups excluding tert-OH is 1. The summed E-state index contributed by atoms with van der Waals surface area (Å²) >= 11 is 6.09. The summed E-state index contributed by atoms with van der Waals surface area (Å²) in [6.45, 7) is 0.503. The van der Waals surface area contributed by atoms with E-state index in [4.69, 9.17) is 21.1 Å². The second-order valence-electron chi connectivity index (χ2n) is 5.24. The second-order valence-corrected chi connectivity index (χ2v) is 5.64. The van der Waals surface area contributed by atoms with Crippen molar-refractivity contribution in [1.82, 2.24) is 10.3 Å². The zero-order valence-electron chi connectivity index (χ0n) is 12.8. The fourth-order valence-corrected chi connectivity index (χ4v) is 2.57. The number of fused-ring (bicyclic) bond motifs is 1. The molecule has 0 aliphatic carbocycles. The number of nitrogens with one attached hydrogen (secondary N) is 1. The second kappa shape index (κ2) is 7.20. The first-order valence-corrected chi connectivity index (χ1v) is 7.70. The highest BCUT2D eigenvalue weighted by Crippen LogP contribution is 2.39. The minimum absolute atomic E-state index is 0.229. The minimum Gasteiger partial charge on any atom is -0.486 e. The van der Waals surface area contributed by atoms with Crippen LogP contribution in [0.5, 0.6) is 11.5 Å². The monoisotopic (exact) mass is 370 g/mol. The van der Waals surface area contributed by atoms with Crippen molar-refractivity contribution in [1.29, 1.82) is 0 Å². The van der Waals surface area contributed by atoms with Gasteiger partial charge in [-0.15, -0.1) is 0 Å². The van der Waals surface area contributed by atoms with Crippen LogP contribution in [0.15, 0.2) is 24.4 Å². The molecule has 6 nitrogen and oxygen atoms in total. The molecule has 1 unspecified atom stereocenters. The van der Waals surface area contributed by atoms with E-state index in [9.17, 15) is 18.7 Å². The van der Waals surface area contributed by atoms with Gasteiger partial charge in [0.05, 0.1) is 17.3 Å². The fraction of sp³-hybridized carbons (Fsp3) is 0.250. The summed E-state index contributed by atoms with van der Waals surface area (Å²) in [5.74, 6) is -2.06. The Hall–Kier alpha value is -2.45. The van der Waals surface area contributed by atoms with Crippen molar-refractivity contribution in [3.63, 3.8) is 0 Å². The summed E-state index contributed by atoms with van der Waals surface area (Å²) in [6.07, 6.45) is -0.393. The minimum atomic E-state index is -1.12. The van der Waals surface area contributed by atoms with Crippen LogP contribution in [0.4, 0.5) is 8.78 Å². The molecule has 1 aliphatic heterocycles. The van der Waals surface area contributed by atoms with E-state index in [2.05, 4.69) is 10.3 Å². The molecule has 25 heavy (non-hydrogen) atoms. The summed E-state index contributed by atoms with van der Waals surface area (Å²) in [4.78, 5) is 15.3. The Balaban J connectivity index is 1.69. The largest absolute Gasteiger partial charge is 0.486 e. The molecule has 9 heteroatoms. The maximum atomic E-state index is 13.5. The molecule has 132 valence electrons. The Bertz CT molecular complexity index is 819. The Morgan fingerprint density at radius 3 is 2.84 bits per heavy atom. The van der Waals surface area contributed by atoms with Crippen molar-refractivity contribution in [3.05, 3.63) is 52.3 Å². The summed E-state index contributed by atoms with van der Waals surface area (Å²) < 4.78 is 37.1. The average Bonchev–Trinajstić information content (AvgIpc) is 2.59. The van der Waals surface area contributed by atoms with E-state index in [1.165, 1.54) is 6.07 Å². The van der Waals surface area contributed by atoms with E-state index < -0.39 is 29.3 Å². The predicted molar refractivity (Wildman–Crippen MR) is 83.9 cm³/mol. The molecule has 0 bridgehead atoms. The molecule has 0 spiro atoms. The third-order valence-corrected chi connectivity index (χ3v) is 3.76. The predicted octanol–water partition coefficient (Wildman–Crippen LogP) is 2.25. The number of aromatic nitrogens is 1.